The van der Waals surface area contributed by atoms with Gasteiger partial charge in [-0.2, -0.15) is 0 Å². The lowest BCUT2D eigenvalue weighted by Crippen LogP contribution is -2.33. The smallest absolute Gasteiger partial charge is 0.232 e. The number of aliphatic hydroxyl groups is 1. The monoisotopic (exact) mass is 189 g/mol. The Morgan fingerprint density at radius 3 is 2.46 bits per heavy atom. The third kappa shape index (κ3) is 2.16. The molecule has 1 saturated heterocycles. The summed E-state index contributed by atoms with van der Waals surface area (Å²) in [5, 5.41) is 19.8. The summed E-state index contributed by atoms with van der Waals surface area (Å²) >= 11 is 0. The lowest BCUT2D eigenvalue weighted by atomic mass is 9.84. The van der Waals surface area contributed by atoms with Gasteiger partial charge < -0.3 is 9.84 Å². The third-order valence-electron chi connectivity index (χ3n) is 2.36. The summed E-state index contributed by atoms with van der Waals surface area (Å²) in [4.78, 5) is 9.91. The van der Waals surface area contributed by atoms with E-state index < -0.39 is 22.2 Å². The van der Waals surface area contributed by atoms with Gasteiger partial charge in [-0.15, -0.1) is 0 Å². The molecule has 5 nitrogen and oxygen atoms in total. The molecule has 1 N–H and O–H groups in total. The van der Waals surface area contributed by atoms with Crippen LogP contribution in [0.2, 0.25) is 0 Å². The Labute approximate surface area is 76.8 Å². The van der Waals surface area contributed by atoms with E-state index >= 15 is 0 Å². The van der Waals surface area contributed by atoms with E-state index in [4.69, 9.17) is 4.74 Å². The molecule has 2 atom stereocenters. The molecule has 0 aromatic heterocycles. The van der Waals surface area contributed by atoms with Crippen molar-refractivity contribution in [2.24, 2.45) is 5.41 Å². The molecule has 0 aromatic rings. The van der Waals surface area contributed by atoms with Crippen molar-refractivity contribution in [3.63, 3.8) is 0 Å². The molecule has 13 heavy (non-hydrogen) atoms. The second kappa shape index (κ2) is 2.92. The lowest BCUT2D eigenvalue weighted by molar-refractivity contribution is -0.501. The highest BCUT2D eigenvalue weighted by atomic mass is 16.7. The second-order valence-electron chi connectivity index (χ2n) is 4.58. The SMILES string of the molecule is CC1(C)C[C@@](C)(C[N+](=O)[O-])OC1O. The molecule has 1 rings (SSSR count). The van der Waals surface area contributed by atoms with Gasteiger partial charge in [0.2, 0.25) is 6.54 Å². The number of nitrogens with zero attached hydrogens (tertiary/aromatic N) is 1. The molecule has 0 bridgehead atoms. The van der Waals surface area contributed by atoms with E-state index in [-0.39, 0.29) is 6.54 Å². The number of ether oxygens (including phenoxy) is 1. The highest BCUT2D eigenvalue weighted by Gasteiger charge is 2.50. The van der Waals surface area contributed by atoms with Crippen LogP contribution in [-0.4, -0.2) is 28.5 Å². The van der Waals surface area contributed by atoms with Crippen LogP contribution in [0.15, 0.2) is 0 Å². The van der Waals surface area contributed by atoms with Crippen molar-refractivity contribution in [2.45, 2.75) is 39.1 Å². The number of hydrogen-bond acceptors (Lipinski definition) is 4. The summed E-state index contributed by atoms with van der Waals surface area (Å²) in [6.45, 7) is 5.08. The normalized spacial score (nSPS) is 37.7. The molecule has 76 valence electrons. The average molecular weight is 189 g/mol. The molecule has 1 unspecified atom stereocenters. The highest BCUT2D eigenvalue weighted by molar-refractivity contribution is 4.92. The standard InChI is InChI=1S/C8H15NO4/c1-7(2)4-8(3,5-9(11)12)13-6(7)10/h6,10H,4-5H2,1-3H3/t6?,8-/m0/s1. The Balaban J connectivity index is 2.70. The minimum atomic E-state index is -0.905. The Bertz CT molecular complexity index is 228. The van der Waals surface area contributed by atoms with Crippen LogP contribution in [0.25, 0.3) is 0 Å². The largest absolute Gasteiger partial charge is 0.367 e. The molecule has 1 fully saturated rings. The molecule has 1 heterocycles. The zero-order valence-corrected chi connectivity index (χ0v) is 8.11. The maximum atomic E-state index is 10.3. The van der Waals surface area contributed by atoms with Gasteiger partial charge in [-0.25, -0.2) is 0 Å². The summed E-state index contributed by atoms with van der Waals surface area (Å²) in [6.07, 6.45) is -0.403. The topological polar surface area (TPSA) is 72.6 Å². The van der Waals surface area contributed by atoms with E-state index in [1.807, 2.05) is 13.8 Å². The van der Waals surface area contributed by atoms with Crippen LogP contribution in [0.4, 0.5) is 0 Å². The number of hydrogen-bond donors (Lipinski definition) is 1. The van der Waals surface area contributed by atoms with Gasteiger partial charge in [0.25, 0.3) is 0 Å². The average Bonchev–Trinajstić information content (AvgIpc) is 1.98. The van der Waals surface area contributed by atoms with Gasteiger partial charge in [-0.05, 0) is 13.3 Å². The van der Waals surface area contributed by atoms with E-state index in [2.05, 4.69) is 0 Å². The summed E-state index contributed by atoms with van der Waals surface area (Å²) in [5.41, 5.74) is -1.23. The fourth-order valence-corrected chi connectivity index (χ4v) is 1.89. The van der Waals surface area contributed by atoms with E-state index in [9.17, 15) is 15.2 Å². The number of rotatable bonds is 2. The summed E-state index contributed by atoms with van der Waals surface area (Å²) in [7, 11) is 0. The fraction of sp³-hybridized carbons (Fsp3) is 1.00. The maximum Gasteiger partial charge on any atom is 0.232 e. The molecule has 5 heteroatoms. The van der Waals surface area contributed by atoms with Gasteiger partial charge in [0, 0.05) is 10.3 Å². The first-order chi connectivity index (χ1) is 5.75. The summed E-state index contributed by atoms with van der Waals surface area (Å²) in [5.74, 6) is 0. The first-order valence-electron chi connectivity index (χ1n) is 4.23. The first-order valence-corrected chi connectivity index (χ1v) is 4.23. The Morgan fingerprint density at radius 1 is 1.62 bits per heavy atom. The zero-order valence-electron chi connectivity index (χ0n) is 8.11. The quantitative estimate of drug-likeness (QED) is 0.514. The molecule has 0 aromatic carbocycles. The van der Waals surface area contributed by atoms with Crippen molar-refractivity contribution < 1.29 is 14.8 Å². The van der Waals surface area contributed by atoms with Gasteiger partial charge in [-0.3, -0.25) is 10.1 Å². The molecule has 0 amide bonds. The molecule has 0 saturated carbocycles. The van der Waals surface area contributed by atoms with Crippen LogP contribution < -0.4 is 0 Å². The maximum absolute atomic E-state index is 10.3. The van der Waals surface area contributed by atoms with E-state index in [1.54, 1.807) is 6.92 Å². The van der Waals surface area contributed by atoms with Crippen LogP contribution in [-0.2, 0) is 4.74 Å². The van der Waals surface area contributed by atoms with Crippen molar-refractivity contribution >= 4 is 0 Å². The van der Waals surface area contributed by atoms with E-state index in [0.29, 0.717) is 6.42 Å². The second-order valence-corrected chi connectivity index (χ2v) is 4.58. The minimum absolute atomic E-state index is 0.256. The highest BCUT2D eigenvalue weighted by Crippen LogP contribution is 2.42. The molecule has 1 aliphatic heterocycles. The van der Waals surface area contributed by atoms with Crippen molar-refractivity contribution in [1.29, 1.82) is 0 Å². The van der Waals surface area contributed by atoms with Gasteiger partial charge in [0.15, 0.2) is 6.29 Å². The predicted octanol–water partition coefficient (Wildman–Crippen LogP) is 0.787. The van der Waals surface area contributed by atoms with Gasteiger partial charge >= 0.3 is 0 Å². The number of aliphatic hydroxyl groups excluding tert-OH is 1. The summed E-state index contributed by atoms with van der Waals surface area (Å²) < 4.78 is 5.19. The molecule has 0 aliphatic carbocycles. The van der Waals surface area contributed by atoms with Crippen LogP contribution in [0, 0.1) is 15.5 Å². The van der Waals surface area contributed by atoms with Crippen molar-refractivity contribution in [2.75, 3.05) is 6.54 Å². The Morgan fingerprint density at radius 2 is 2.15 bits per heavy atom. The van der Waals surface area contributed by atoms with Gasteiger partial charge in [0.1, 0.15) is 5.60 Å². The molecule has 0 radical (unpaired) electrons. The zero-order chi connectivity index (χ0) is 10.3. The third-order valence-corrected chi connectivity index (χ3v) is 2.36. The molecule has 1 aliphatic rings. The summed E-state index contributed by atoms with van der Waals surface area (Å²) in [6, 6.07) is 0. The molecular weight excluding hydrogens is 174 g/mol. The van der Waals surface area contributed by atoms with Crippen LogP contribution in [0.1, 0.15) is 27.2 Å². The van der Waals surface area contributed by atoms with Gasteiger partial charge in [-0.1, -0.05) is 13.8 Å². The van der Waals surface area contributed by atoms with Crippen LogP contribution in [0.5, 0.6) is 0 Å². The Kier molecular flexibility index (Phi) is 2.34. The fourth-order valence-electron chi connectivity index (χ4n) is 1.89. The van der Waals surface area contributed by atoms with E-state index in [1.165, 1.54) is 0 Å². The Hall–Kier alpha value is -0.680. The van der Waals surface area contributed by atoms with Crippen molar-refractivity contribution in [3.8, 4) is 0 Å². The predicted molar refractivity (Wildman–Crippen MR) is 45.8 cm³/mol. The van der Waals surface area contributed by atoms with E-state index in [0.717, 1.165) is 0 Å². The van der Waals surface area contributed by atoms with Crippen molar-refractivity contribution in [1.82, 2.24) is 0 Å². The number of nitro groups is 1. The molecular formula is C8H15NO4. The van der Waals surface area contributed by atoms with Crippen LogP contribution >= 0.6 is 0 Å². The van der Waals surface area contributed by atoms with Crippen molar-refractivity contribution in [3.05, 3.63) is 10.1 Å². The molecule has 0 spiro atoms. The van der Waals surface area contributed by atoms with Crippen LogP contribution in [0.3, 0.4) is 0 Å². The van der Waals surface area contributed by atoms with Gasteiger partial charge in [0.05, 0.1) is 0 Å². The lowest BCUT2D eigenvalue weighted by Gasteiger charge is -2.19. The minimum Gasteiger partial charge on any atom is -0.367 e. The first kappa shape index (κ1) is 10.4.